The minimum absolute atomic E-state index is 0.798. The minimum atomic E-state index is 0.798. The van der Waals surface area contributed by atoms with E-state index in [-0.39, 0.29) is 0 Å². The van der Waals surface area contributed by atoms with Gasteiger partial charge in [-0.05, 0) is 32.2 Å². The summed E-state index contributed by atoms with van der Waals surface area (Å²) in [5, 5.41) is 10.5. The first-order chi connectivity index (χ1) is 11.6. The van der Waals surface area contributed by atoms with Crippen LogP contribution in [0.2, 0.25) is 0 Å². The predicted molar refractivity (Wildman–Crippen MR) is 101 cm³/mol. The Morgan fingerprint density at radius 3 is 2.75 bits per heavy atom. The number of hydrogen-bond acceptors (Lipinski definition) is 7. The molecule has 0 atom stereocenters. The summed E-state index contributed by atoms with van der Waals surface area (Å²) in [5.41, 5.74) is 3.33. The van der Waals surface area contributed by atoms with Gasteiger partial charge in [-0.1, -0.05) is 11.2 Å². The van der Waals surface area contributed by atoms with Gasteiger partial charge in [0, 0.05) is 27.1 Å². The second-order valence-electron chi connectivity index (χ2n) is 5.47. The molecule has 4 aromatic rings. The molecule has 0 aromatic carbocycles. The Labute approximate surface area is 151 Å². The number of thioether (sulfide) groups is 1. The fourth-order valence-corrected chi connectivity index (χ4v) is 5.69. The lowest BCUT2D eigenvalue weighted by Gasteiger charge is -2.06. The Morgan fingerprint density at radius 1 is 1.17 bits per heavy atom. The van der Waals surface area contributed by atoms with Gasteiger partial charge in [0.25, 0.3) is 0 Å². The van der Waals surface area contributed by atoms with Crippen LogP contribution in [0.5, 0.6) is 0 Å². The zero-order valence-electron chi connectivity index (χ0n) is 13.5. The monoisotopic (exact) mass is 373 g/mol. The van der Waals surface area contributed by atoms with Crippen molar-refractivity contribution >= 4 is 44.7 Å². The molecule has 4 heterocycles. The van der Waals surface area contributed by atoms with Crippen LogP contribution in [0.3, 0.4) is 0 Å². The van der Waals surface area contributed by atoms with Crippen LogP contribution in [0.1, 0.15) is 22.8 Å². The molecule has 0 radical (unpaired) electrons. The lowest BCUT2D eigenvalue weighted by molar-refractivity contribution is 0.392. The van der Waals surface area contributed by atoms with E-state index in [0.29, 0.717) is 0 Å². The van der Waals surface area contributed by atoms with Gasteiger partial charge in [0.05, 0.1) is 11.1 Å². The first-order valence-corrected chi connectivity index (χ1v) is 10.2. The molecule has 7 heteroatoms. The number of aryl methyl sites for hydroxylation is 3. The zero-order valence-corrected chi connectivity index (χ0v) is 15.9. The molecule has 0 aliphatic carbocycles. The van der Waals surface area contributed by atoms with Gasteiger partial charge in [-0.3, -0.25) is 0 Å². The number of fused-ring (bicyclic) bond motifs is 1. The Balaban J connectivity index is 1.78. The van der Waals surface area contributed by atoms with Gasteiger partial charge in [0.15, 0.2) is 0 Å². The third kappa shape index (κ3) is 2.76. The van der Waals surface area contributed by atoms with Crippen molar-refractivity contribution in [2.75, 3.05) is 0 Å². The van der Waals surface area contributed by atoms with Crippen LogP contribution in [0.15, 0.2) is 32.4 Å². The number of nitrogens with zero attached hydrogens (tertiary/aromatic N) is 3. The molecule has 4 nitrogen and oxygen atoms in total. The lowest BCUT2D eigenvalue weighted by atomic mass is 10.2. The molecular weight excluding hydrogens is 358 g/mol. The normalized spacial score (nSPS) is 11.5. The molecular formula is C17H15N3OS3. The first-order valence-electron chi connectivity index (χ1n) is 7.47. The Morgan fingerprint density at radius 2 is 2.04 bits per heavy atom. The van der Waals surface area contributed by atoms with Crippen molar-refractivity contribution in [3.8, 4) is 10.4 Å². The van der Waals surface area contributed by atoms with Gasteiger partial charge in [0.1, 0.15) is 21.4 Å². The third-order valence-corrected chi connectivity index (χ3v) is 6.61. The topological polar surface area (TPSA) is 51.8 Å². The highest BCUT2D eigenvalue weighted by Crippen LogP contribution is 2.40. The summed E-state index contributed by atoms with van der Waals surface area (Å²) in [6.07, 6.45) is 0. The smallest absolute Gasteiger partial charge is 0.137 e. The second kappa shape index (κ2) is 6.31. The summed E-state index contributed by atoms with van der Waals surface area (Å²) >= 11 is 5.15. The summed E-state index contributed by atoms with van der Waals surface area (Å²) in [6, 6.07) is 4.23. The van der Waals surface area contributed by atoms with Crippen molar-refractivity contribution in [3.63, 3.8) is 0 Å². The van der Waals surface area contributed by atoms with Crippen molar-refractivity contribution in [2.45, 2.75) is 31.6 Å². The largest absolute Gasteiger partial charge is 0.361 e. The van der Waals surface area contributed by atoms with Crippen LogP contribution in [0, 0.1) is 20.8 Å². The highest BCUT2D eigenvalue weighted by molar-refractivity contribution is 7.98. The fourth-order valence-electron chi connectivity index (χ4n) is 2.58. The molecule has 0 spiro atoms. The summed E-state index contributed by atoms with van der Waals surface area (Å²) in [5.74, 6) is 2.49. The van der Waals surface area contributed by atoms with Gasteiger partial charge in [-0.15, -0.1) is 34.4 Å². The van der Waals surface area contributed by atoms with Crippen molar-refractivity contribution < 1.29 is 4.52 Å². The van der Waals surface area contributed by atoms with Gasteiger partial charge in [0.2, 0.25) is 0 Å². The van der Waals surface area contributed by atoms with Gasteiger partial charge >= 0.3 is 0 Å². The van der Waals surface area contributed by atoms with Crippen LogP contribution >= 0.6 is 34.4 Å². The van der Waals surface area contributed by atoms with E-state index in [0.717, 1.165) is 43.8 Å². The van der Waals surface area contributed by atoms with Crippen molar-refractivity contribution in [2.24, 2.45) is 0 Å². The van der Waals surface area contributed by atoms with Crippen LogP contribution in [0.4, 0.5) is 0 Å². The number of hydrogen-bond donors (Lipinski definition) is 0. The Hall–Kier alpha value is -1.70. The molecule has 0 saturated carbocycles. The predicted octanol–water partition coefficient (Wildman–Crippen LogP) is 5.63. The summed E-state index contributed by atoms with van der Waals surface area (Å²) in [7, 11) is 0. The van der Waals surface area contributed by atoms with Gasteiger partial charge in [-0.2, -0.15) is 0 Å². The molecule has 0 saturated heterocycles. The van der Waals surface area contributed by atoms with Crippen LogP contribution < -0.4 is 0 Å². The van der Waals surface area contributed by atoms with E-state index in [1.165, 1.54) is 10.4 Å². The molecule has 0 N–H and O–H groups in total. The molecule has 0 unspecified atom stereocenters. The highest BCUT2D eigenvalue weighted by atomic mass is 32.2. The quantitative estimate of drug-likeness (QED) is 0.343. The van der Waals surface area contributed by atoms with Gasteiger partial charge < -0.3 is 4.52 Å². The third-order valence-electron chi connectivity index (χ3n) is 3.83. The van der Waals surface area contributed by atoms with E-state index in [2.05, 4.69) is 33.0 Å². The van der Waals surface area contributed by atoms with Crippen LogP contribution in [0.25, 0.3) is 20.7 Å². The molecule has 0 amide bonds. The first kappa shape index (κ1) is 15.8. The van der Waals surface area contributed by atoms with E-state index in [1.807, 2.05) is 20.8 Å². The zero-order chi connectivity index (χ0) is 16.7. The minimum Gasteiger partial charge on any atom is -0.361 e. The van der Waals surface area contributed by atoms with E-state index < -0.39 is 0 Å². The fraction of sp³-hybridized carbons (Fsp3) is 0.235. The molecule has 4 rings (SSSR count). The van der Waals surface area contributed by atoms with E-state index in [9.17, 15) is 0 Å². The number of rotatable bonds is 4. The van der Waals surface area contributed by atoms with Crippen molar-refractivity contribution in [3.05, 3.63) is 45.7 Å². The SMILES string of the molecule is Cc1nc(SCc2c(C)noc2C)c2c(-c3cccs3)csc2n1. The number of thiophene rings is 2. The maximum Gasteiger partial charge on any atom is 0.137 e. The molecule has 0 fully saturated rings. The molecule has 4 aromatic heterocycles. The summed E-state index contributed by atoms with van der Waals surface area (Å²) in [4.78, 5) is 11.6. The Bertz CT molecular complexity index is 982. The van der Waals surface area contributed by atoms with E-state index in [1.54, 1.807) is 34.4 Å². The lowest BCUT2D eigenvalue weighted by Crippen LogP contribution is -1.92. The molecule has 24 heavy (non-hydrogen) atoms. The number of aromatic nitrogens is 3. The standard InChI is InChI=1S/C17H15N3OS3/c1-9-12(10(2)21-20-9)7-23-16-15-13(14-5-4-6-22-14)8-24-17(15)19-11(3)18-16/h4-6,8H,7H2,1-3H3. The summed E-state index contributed by atoms with van der Waals surface area (Å²) in [6.45, 7) is 5.89. The second-order valence-corrected chi connectivity index (χ2v) is 8.24. The Kier molecular flexibility index (Phi) is 4.15. The van der Waals surface area contributed by atoms with Gasteiger partial charge in [-0.25, -0.2) is 9.97 Å². The maximum atomic E-state index is 5.27. The average molecular weight is 374 g/mol. The molecule has 0 aliphatic heterocycles. The molecule has 0 aliphatic rings. The van der Waals surface area contributed by atoms with Crippen molar-refractivity contribution in [1.82, 2.24) is 15.1 Å². The molecule has 122 valence electrons. The summed E-state index contributed by atoms with van der Waals surface area (Å²) < 4.78 is 5.27. The van der Waals surface area contributed by atoms with E-state index in [4.69, 9.17) is 9.51 Å². The van der Waals surface area contributed by atoms with E-state index >= 15 is 0 Å². The van der Waals surface area contributed by atoms with Crippen LogP contribution in [-0.2, 0) is 5.75 Å². The molecule has 0 bridgehead atoms. The highest BCUT2D eigenvalue weighted by Gasteiger charge is 2.17. The maximum absolute atomic E-state index is 5.27. The van der Waals surface area contributed by atoms with Crippen molar-refractivity contribution in [1.29, 1.82) is 0 Å². The average Bonchev–Trinajstić information content (AvgIpc) is 3.26. The van der Waals surface area contributed by atoms with Crippen LogP contribution in [-0.4, -0.2) is 15.1 Å².